The maximum absolute atomic E-state index is 11.6. The Morgan fingerprint density at radius 3 is 2.60 bits per heavy atom. The minimum Gasteiger partial charge on any atom is -0.388 e. The standard InChI is InChI=1S/C13H20BrNO3S2/c1-10(16)11-4-5-12(19-11)13(6-2-3-7-13)8-15-20(17,18)9-14/h4-5,10,15-16H,2-3,6-9H2,1H3. The van der Waals surface area contributed by atoms with Gasteiger partial charge in [0.15, 0.2) is 0 Å². The highest BCUT2D eigenvalue weighted by atomic mass is 79.9. The van der Waals surface area contributed by atoms with Crippen LogP contribution < -0.4 is 4.72 Å². The van der Waals surface area contributed by atoms with Crippen LogP contribution in [0, 0.1) is 0 Å². The van der Waals surface area contributed by atoms with Crippen molar-refractivity contribution in [2.75, 3.05) is 11.2 Å². The molecule has 114 valence electrons. The molecule has 1 saturated carbocycles. The Balaban J connectivity index is 2.20. The number of halogens is 1. The molecule has 0 saturated heterocycles. The van der Waals surface area contributed by atoms with Crippen molar-refractivity contribution in [3.05, 3.63) is 21.9 Å². The second-order valence-corrected chi connectivity index (χ2v) is 9.64. The summed E-state index contributed by atoms with van der Waals surface area (Å²) in [6.07, 6.45) is 3.77. The first-order valence-corrected chi connectivity index (χ1v) is 10.3. The first kappa shape index (κ1) is 16.4. The number of nitrogens with one attached hydrogen (secondary N) is 1. The zero-order valence-corrected chi connectivity index (χ0v) is 14.7. The Hall–Kier alpha value is 0.0500. The molecule has 0 aromatic carbocycles. The van der Waals surface area contributed by atoms with Crippen molar-refractivity contribution in [2.24, 2.45) is 0 Å². The summed E-state index contributed by atoms with van der Waals surface area (Å²) in [5.41, 5.74) is -0.104. The third-order valence-corrected chi connectivity index (χ3v) is 8.08. The van der Waals surface area contributed by atoms with Crippen molar-refractivity contribution in [1.29, 1.82) is 0 Å². The molecule has 2 rings (SSSR count). The van der Waals surface area contributed by atoms with E-state index in [1.807, 2.05) is 12.1 Å². The van der Waals surface area contributed by atoms with Crippen molar-refractivity contribution < 1.29 is 13.5 Å². The lowest BCUT2D eigenvalue weighted by Crippen LogP contribution is -2.38. The maximum Gasteiger partial charge on any atom is 0.221 e. The van der Waals surface area contributed by atoms with E-state index in [2.05, 4.69) is 20.7 Å². The van der Waals surface area contributed by atoms with Crippen LogP contribution in [-0.4, -0.2) is 24.7 Å². The lowest BCUT2D eigenvalue weighted by molar-refractivity contribution is 0.203. The fraction of sp³-hybridized carbons (Fsp3) is 0.692. The fourth-order valence-corrected chi connectivity index (χ4v) is 4.96. The first-order chi connectivity index (χ1) is 9.38. The summed E-state index contributed by atoms with van der Waals surface area (Å²) in [4.78, 5) is 2.12. The van der Waals surface area contributed by atoms with Crippen LogP contribution in [0.4, 0.5) is 0 Å². The molecule has 0 amide bonds. The van der Waals surface area contributed by atoms with E-state index in [9.17, 15) is 13.5 Å². The van der Waals surface area contributed by atoms with Gasteiger partial charge in [0.25, 0.3) is 0 Å². The Kier molecular flexibility index (Phi) is 5.29. The monoisotopic (exact) mass is 381 g/mol. The molecule has 1 aromatic heterocycles. The molecule has 7 heteroatoms. The summed E-state index contributed by atoms with van der Waals surface area (Å²) in [7, 11) is -3.24. The average Bonchev–Trinajstić information content (AvgIpc) is 3.06. The molecule has 1 heterocycles. The molecule has 1 aromatic rings. The topological polar surface area (TPSA) is 66.4 Å². The van der Waals surface area contributed by atoms with E-state index in [1.54, 1.807) is 18.3 Å². The van der Waals surface area contributed by atoms with E-state index in [-0.39, 0.29) is 10.1 Å². The summed E-state index contributed by atoms with van der Waals surface area (Å²) in [5.74, 6) is 0. The van der Waals surface area contributed by atoms with E-state index < -0.39 is 16.1 Å². The minimum absolute atomic E-state index is 0.0700. The van der Waals surface area contributed by atoms with E-state index in [0.29, 0.717) is 6.54 Å². The Labute approximate surface area is 132 Å². The molecule has 4 nitrogen and oxygen atoms in total. The highest BCUT2D eigenvalue weighted by Gasteiger charge is 2.37. The zero-order chi connectivity index (χ0) is 14.8. The van der Waals surface area contributed by atoms with Gasteiger partial charge in [-0.25, -0.2) is 13.1 Å². The number of aliphatic hydroxyl groups is 1. The molecule has 1 unspecified atom stereocenters. The zero-order valence-electron chi connectivity index (χ0n) is 11.4. The van der Waals surface area contributed by atoms with Crippen LogP contribution >= 0.6 is 27.3 Å². The molecular weight excluding hydrogens is 362 g/mol. The van der Waals surface area contributed by atoms with Crippen LogP contribution in [0.5, 0.6) is 0 Å². The smallest absolute Gasteiger partial charge is 0.221 e. The van der Waals surface area contributed by atoms with Gasteiger partial charge in [0.2, 0.25) is 10.0 Å². The molecule has 0 bridgehead atoms. The molecule has 1 aliphatic rings. The number of aliphatic hydroxyl groups excluding tert-OH is 1. The van der Waals surface area contributed by atoms with Gasteiger partial charge in [-0.1, -0.05) is 28.8 Å². The number of hydrogen-bond donors (Lipinski definition) is 2. The van der Waals surface area contributed by atoms with Gasteiger partial charge < -0.3 is 5.11 Å². The van der Waals surface area contributed by atoms with Gasteiger partial charge in [-0.15, -0.1) is 11.3 Å². The number of hydrogen-bond acceptors (Lipinski definition) is 4. The summed E-state index contributed by atoms with van der Waals surface area (Å²) in [5, 5.41) is 9.65. The minimum atomic E-state index is -3.24. The molecule has 20 heavy (non-hydrogen) atoms. The molecule has 1 atom stereocenters. The maximum atomic E-state index is 11.6. The van der Waals surface area contributed by atoms with Gasteiger partial charge in [-0.05, 0) is 31.9 Å². The number of alkyl halides is 1. The molecule has 0 aliphatic heterocycles. The molecular formula is C13H20BrNO3S2. The van der Waals surface area contributed by atoms with Crippen molar-refractivity contribution >= 4 is 37.3 Å². The Bertz CT molecular complexity index is 548. The summed E-state index contributed by atoms with van der Waals surface area (Å²) in [6, 6.07) is 3.99. The van der Waals surface area contributed by atoms with Crippen molar-refractivity contribution in [1.82, 2.24) is 4.72 Å². The van der Waals surface area contributed by atoms with Crippen molar-refractivity contribution in [3.8, 4) is 0 Å². The van der Waals surface area contributed by atoms with E-state index in [4.69, 9.17) is 0 Å². The summed E-state index contributed by atoms with van der Waals surface area (Å²) >= 11 is 4.60. The molecule has 2 N–H and O–H groups in total. The van der Waals surface area contributed by atoms with Crippen LogP contribution in [0.1, 0.15) is 48.5 Å². The fourth-order valence-electron chi connectivity index (χ4n) is 2.71. The molecule has 0 radical (unpaired) electrons. The number of rotatable bonds is 6. The quantitative estimate of drug-likeness (QED) is 0.744. The van der Waals surface area contributed by atoms with Gasteiger partial charge in [0.05, 0.1) is 6.10 Å². The van der Waals surface area contributed by atoms with Gasteiger partial charge in [-0.2, -0.15) is 0 Å². The van der Waals surface area contributed by atoms with Crippen molar-refractivity contribution in [3.63, 3.8) is 0 Å². The van der Waals surface area contributed by atoms with E-state index >= 15 is 0 Å². The lowest BCUT2D eigenvalue weighted by Gasteiger charge is -2.28. The third kappa shape index (κ3) is 3.62. The molecule has 1 aliphatic carbocycles. The number of thiophene rings is 1. The van der Waals surface area contributed by atoms with Crippen LogP contribution in [0.3, 0.4) is 0 Å². The largest absolute Gasteiger partial charge is 0.388 e. The normalized spacial score (nSPS) is 20.1. The molecule has 0 spiro atoms. The van der Waals surface area contributed by atoms with Crippen LogP contribution in [-0.2, 0) is 15.4 Å². The highest BCUT2D eigenvalue weighted by Crippen LogP contribution is 2.44. The Morgan fingerprint density at radius 1 is 1.45 bits per heavy atom. The van der Waals surface area contributed by atoms with Gasteiger partial charge in [0, 0.05) is 21.7 Å². The van der Waals surface area contributed by atoms with Crippen LogP contribution in [0.15, 0.2) is 12.1 Å². The van der Waals surface area contributed by atoms with Crippen molar-refractivity contribution in [2.45, 2.75) is 44.1 Å². The lowest BCUT2D eigenvalue weighted by atomic mass is 9.85. The van der Waals surface area contributed by atoms with E-state index in [1.165, 1.54) is 4.88 Å². The Morgan fingerprint density at radius 2 is 2.10 bits per heavy atom. The van der Waals surface area contributed by atoms with Crippen LogP contribution in [0.25, 0.3) is 0 Å². The van der Waals surface area contributed by atoms with Crippen LogP contribution in [0.2, 0.25) is 0 Å². The van der Waals surface area contributed by atoms with Gasteiger partial charge >= 0.3 is 0 Å². The average molecular weight is 382 g/mol. The summed E-state index contributed by atoms with van der Waals surface area (Å²) < 4.78 is 25.9. The predicted molar refractivity (Wildman–Crippen MR) is 85.8 cm³/mol. The second kappa shape index (κ2) is 6.44. The number of sulfonamides is 1. The molecule has 1 fully saturated rings. The SMILES string of the molecule is CC(O)c1ccc(C2(CNS(=O)(=O)CBr)CCCC2)s1. The second-order valence-electron chi connectivity index (χ2n) is 5.41. The van der Waals surface area contributed by atoms with Gasteiger partial charge in [0.1, 0.15) is 4.66 Å². The third-order valence-electron chi connectivity index (χ3n) is 3.90. The van der Waals surface area contributed by atoms with Gasteiger partial charge in [-0.3, -0.25) is 0 Å². The first-order valence-electron chi connectivity index (χ1n) is 6.70. The highest BCUT2D eigenvalue weighted by molar-refractivity contribution is 9.10. The van der Waals surface area contributed by atoms with E-state index in [0.717, 1.165) is 30.6 Å². The summed E-state index contributed by atoms with van der Waals surface area (Å²) in [6.45, 7) is 2.20. The predicted octanol–water partition coefficient (Wildman–Crippen LogP) is 2.89.